The summed E-state index contributed by atoms with van der Waals surface area (Å²) in [7, 11) is 0. The number of anilines is 2. The first-order valence-electron chi connectivity index (χ1n) is 7.13. The summed E-state index contributed by atoms with van der Waals surface area (Å²) < 4.78 is 0. The Balaban J connectivity index is 1.79. The molecule has 102 valence electrons. The highest BCUT2D eigenvalue weighted by atomic mass is 32.1. The van der Waals surface area contributed by atoms with Gasteiger partial charge in [-0.25, -0.2) is 0 Å². The van der Waals surface area contributed by atoms with Crippen molar-refractivity contribution in [2.45, 2.75) is 45.4 Å². The van der Waals surface area contributed by atoms with Crippen LogP contribution >= 0.6 is 11.3 Å². The molecule has 3 nitrogen and oxygen atoms in total. The Morgan fingerprint density at radius 3 is 2.63 bits per heavy atom. The molecule has 3 rings (SSSR count). The summed E-state index contributed by atoms with van der Waals surface area (Å²) in [6, 6.07) is 2.23. The summed E-state index contributed by atoms with van der Waals surface area (Å²) in [6.45, 7) is 5.63. The monoisotopic (exact) mass is 275 g/mol. The van der Waals surface area contributed by atoms with Gasteiger partial charge < -0.3 is 11.1 Å². The Morgan fingerprint density at radius 1 is 1.47 bits per heavy atom. The van der Waals surface area contributed by atoms with E-state index in [1.165, 1.54) is 42.6 Å². The SMILES string of the molecule is CC(C)C1(CNc2sc(C#N)c(N)c2C2CC2)CC1. The van der Waals surface area contributed by atoms with Gasteiger partial charge in [-0.3, -0.25) is 0 Å². The third-order valence-corrected chi connectivity index (χ3v) is 5.87. The van der Waals surface area contributed by atoms with Gasteiger partial charge in [0.2, 0.25) is 0 Å². The second-order valence-electron chi connectivity index (χ2n) is 6.34. The van der Waals surface area contributed by atoms with Gasteiger partial charge in [-0.05, 0) is 42.9 Å². The van der Waals surface area contributed by atoms with Crippen LogP contribution in [0.1, 0.15) is 55.9 Å². The van der Waals surface area contributed by atoms with Crippen LogP contribution in [-0.4, -0.2) is 6.54 Å². The van der Waals surface area contributed by atoms with Crippen LogP contribution in [0, 0.1) is 22.7 Å². The van der Waals surface area contributed by atoms with Gasteiger partial charge in [0.1, 0.15) is 10.9 Å². The number of thiophene rings is 1. The average Bonchev–Trinajstić information content (AvgIpc) is 3.27. The van der Waals surface area contributed by atoms with Gasteiger partial charge >= 0.3 is 0 Å². The van der Waals surface area contributed by atoms with E-state index in [2.05, 4.69) is 25.2 Å². The van der Waals surface area contributed by atoms with E-state index in [1.807, 2.05) is 0 Å². The topological polar surface area (TPSA) is 61.8 Å². The van der Waals surface area contributed by atoms with E-state index in [0.717, 1.165) is 23.2 Å². The average molecular weight is 275 g/mol. The maximum atomic E-state index is 9.14. The Labute approximate surface area is 118 Å². The number of nitrogens with two attached hydrogens (primary N) is 1. The van der Waals surface area contributed by atoms with Gasteiger partial charge in [-0.2, -0.15) is 5.26 Å². The van der Waals surface area contributed by atoms with Crippen LogP contribution in [-0.2, 0) is 0 Å². The minimum Gasteiger partial charge on any atom is -0.397 e. The zero-order chi connectivity index (χ0) is 13.6. The van der Waals surface area contributed by atoms with Crippen LogP contribution in [0.4, 0.5) is 10.7 Å². The summed E-state index contributed by atoms with van der Waals surface area (Å²) in [5.74, 6) is 1.31. The first-order valence-corrected chi connectivity index (χ1v) is 7.95. The number of hydrogen-bond donors (Lipinski definition) is 2. The molecule has 0 saturated heterocycles. The lowest BCUT2D eigenvalue weighted by Crippen LogP contribution is -2.20. The molecule has 2 saturated carbocycles. The molecule has 2 fully saturated rings. The third kappa shape index (κ3) is 2.21. The number of rotatable bonds is 5. The fourth-order valence-electron chi connectivity index (χ4n) is 2.82. The Bertz CT molecular complexity index is 530. The van der Waals surface area contributed by atoms with E-state index >= 15 is 0 Å². The van der Waals surface area contributed by atoms with Gasteiger partial charge in [-0.15, -0.1) is 11.3 Å². The van der Waals surface area contributed by atoms with Crippen LogP contribution in [0.2, 0.25) is 0 Å². The molecule has 1 aromatic heterocycles. The van der Waals surface area contributed by atoms with Crippen LogP contribution in [0.25, 0.3) is 0 Å². The highest BCUT2D eigenvalue weighted by molar-refractivity contribution is 7.17. The van der Waals surface area contributed by atoms with E-state index in [4.69, 9.17) is 11.0 Å². The molecule has 1 heterocycles. The maximum absolute atomic E-state index is 9.14. The van der Waals surface area contributed by atoms with Gasteiger partial charge in [-0.1, -0.05) is 13.8 Å². The van der Waals surface area contributed by atoms with Crippen molar-refractivity contribution in [3.8, 4) is 6.07 Å². The lowest BCUT2D eigenvalue weighted by atomic mass is 9.92. The normalized spacial score (nSPS) is 20.3. The molecule has 0 radical (unpaired) electrons. The molecule has 0 aliphatic heterocycles. The summed E-state index contributed by atoms with van der Waals surface area (Å²) in [6.07, 6.45) is 5.08. The van der Waals surface area contributed by atoms with Crippen molar-refractivity contribution in [3.63, 3.8) is 0 Å². The summed E-state index contributed by atoms with van der Waals surface area (Å²) >= 11 is 1.54. The molecule has 2 aliphatic rings. The predicted octanol–water partition coefficient (Wildman–Crippen LogP) is 3.93. The number of nitrogens with one attached hydrogen (secondary N) is 1. The molecule has 1 aromatic rings. The highest BCUT2D eigenvalue weighted by Crippen LogP contribution is 2.54. The molecule has 19 heavy (non-hydrogen) atoms. The zero-order valence-corrected chi connectivity index (χ0v) is 12.4. The fourth-order valence-corrected chi connectivity index (χ4v) is 3.82. The number of nitriles is 1. The van der Waals surface area contributed by atoms with Gasteiger partial charge in [0.15, 0.2) is 0 Å². The van der Waals surface area contributed by atoms with E-state index in [-0.39, 0.29) is 0 Å². The van der Waals surface area contributed by atoms with Crippen LogP contribution < -0.4 is 11.1 Å². The summed E-state index contributed by atoms with van der Waals surface area (Å²) in [5.41, 5.74) is 8.55. The standard InChI is InChI=1S/C15H21N3S/c1-9(2)15(5-6-15)8-18-14-12(10-3-4-10)13(17)11(7-16)19-14/h9-10,18H,3-6,8,17H2,1-2H3. The zero-order valence-electron chi connectivity index (χ0n) is 11.6. The largest absolute Gasteiger partial charge is 0.397 e. The molecule has 0 bridgehead atoms. The Hall–Kier alpha value is -1.21. The van der Waals surface area contributed by atoms with E-state index < -0.39 is 0 Å². The predicted molar refractivity (Wildman–Crippen MR) is 80.4 cm³/mol. The maximum Gasteiger partial charge on any atom is 0.130 e. The molecule has 0 spiro atoms. The smallest absolute Gasteiger partial charge is 0.130 e. The molecule has 0 unspecified atom stereocenters. The van der Waals surface area contributed by atoms with E-state index in [9.17, 15) is 0 Å². The van der Waals surface area contributed by atoms with Crippen LogP contribution in [0.3, 0.4) is 0 Å². The molecular formula is C15H21N3S. The minimum atomic E-state index is 0.479. The molecule has 2 aliphatic carbocycles. The third-order valence-electron chi connectivity index (χ3n) is 4.79. The molecule has 0 atom stereocenters. The van der Waals surface area contributed by atoms with Crippen molar-refractivity contribution in [2.24, 2.45) is 11.3 Å². The van der Waals surface area contributed by atoms with Crippen molar-refractivity contribution in [1.82, 2.24) is 0 Å². The summed E-state index contributed by atoms with van der Waals surface area (Å²) in [5, 5.41) is 13.9. The second kappa shape index (κ2) is 4.42. The number of nitrogen functional groups attached to an aromatic ring is 1. The van der Waals surface area contributed by atoms with Gasteiger partial charge in [0.05, 0.1) is 10.7 Å². The fraction of sp³-hybridized carbons (Fsp3) is 0.667. The molecular weight excluding hydrogens is 254 g/mol. The van der Waals surface area contributed by atoms with Crippen molar-refractivity contribution in [1.29, 1.82) is 5.26 Å². The van der Waals surface area contributed by atoms with Crippen LogP contribution in [0.5, 0.6) is 0 Å². The second-order valence-corrected chi connectivity index (χ2v) is 7.36. The molecule has 4 heteroatoms. The van der Waals surface area contributed by atoms with Crippen molar-refractivity contribution < 1.29 is 0 Å². The van der Waals surface area contributed by atoms with Crippen molar-refractivity contribution in [3.05, 3.63) is 10.4 Å². The first-order chi connectivity index (χ1) is 9.07. The lowest BCUT2D eigenvalue weighted by molar-refractivity contribution is 0.380. The van der Waals surface area contributed by atoms with Gasteiger partial charge in [0, 0.05) is 12.1 Å². The molecule has 0 aromatic carbocycles. The van der Waals surface area contributed by atoms with Crippen LogP contribution in [0.15, 0.2) is 0 Å². The first kappa shape index (κ1) is 12.8. The number of hydrogen-bond acceptors (Lipinski definition) is 4. The Morgan fingerprint density at radius 2 is 2.16 bits per heavy atom. The Kier molecular flexibility index (Phi) is 2.98. The number of nitrogens with zero attached hydrogens (tertiary/aromatic N) is 1. The molecule has 0 amide bonds. The molecule has 3 N–H and O–H groups in total. The highest BCUT2D eigenvalue weighted by Gasteiger charge is 2.45. The van der Waals surface area contributed by atoms with Gasteiger partial charge in [0.25, 0.3) is 0 Å². The summed E-state index contributed by atoms with van der Waals surface area (Å²) in [4.78, 5) is 0.679. The minimum absolute atomic E-state index is 0.479. The van der Waals surface area contributed by atoms with E-state index in [0.29, 0.717) is 16.2 Å². The van der Waals surface area contributed by atoms with Crippen molar-refractivity contribution >= 4 is 22.0 Å². The van der Waals surface area contributed by atoms with Crippen molar-refractivity contribution in [2.75, 3.05) is 17.6 Å². The quantitative estimate of drug-likeness (QED) is 0.856. The van der Waals surface area contributed by atoms with E-state index in [1.54, 1.807) is 0 Å². The lowest BCUT2D eigenvalue weighted by Gasteiger charge is -2.20.